The number of ether oxygens (including phenoxy) is 1. The van der Waals surface area contributed by atoms with Gasteiger partial charge in [0.25, 0.3) is 0 Å². The molecule has 158 valence electrons. The predicted octanol–water partition coefficient (Wildman–Crippen LogP) is 4.24. The van der Waals surface area contributed by atoms with Crippen molar-refractivity contribution in [2.24, 2.45) is 0 Å². The van der Waals surface area contributed by atoms with Crippen molar-refractivity contribution in [1.29, 1.82) is 0 Å². The molecule has 0 fully saturated rings. The van der Waals surface area contributed by atoms with Crippen LogP contribution in [0, 0.1) is 0 Å². The Hall–Kier alpha value is -2.23. The van der Waals surface area contributed by atoms with Crippen LogP contribution in [0.2, 0.25) is 0 Å². The molecule has 1 amide bonds. The average Bonchev–Trinajstić information content (AvgIpc) is 2.73. The lowest BCUT2D eigenvalue weighted by Gasteiger charge is -2.31. The fraction of sp³-hybridized carbons (Fsp3) is 0.350. The Morgan fingerprint density at radius 3 is 1.79 bits per heavy atom. The van der Waals surface area contributed by atoms with E-state index in [9.17, 15) is 13.2 Å². The normalized spacial score (nSPS) is 12.4. The van der Waals surface area contributed by atoms with Crippen molar-refractivity contribution in [3.05, 3.63) is 48.5 Å². The van der Waals surface area contributed by atoms with Gasteiger partial charge in [-0.15, -0.1) is 0 Å². The van der Waals surface area contributed by atoms with Crippen LogP contribution in [-0.4, -0.2) is 46.2 Å². The smallest absolute Gasteiger partial charge is 0.422 e. The standard InChI is InChI=1S/C14H12N2O4S2.C6H15N/c1-20-14(17)15-22(18,19)16-10-6-2-4-8-12(10)21-13-9-5-3-7-11(13)16;1-4-7(5-2)6-3/h2-9H,1H3,(H,15,17);4-6H2,1-3H3. The molecule has 9 heteroatoms. The summed E-state index contributed by atoms with van der Waals surface area (Å²) in [6.45, 7) is 10.1. The van der Waals surface area contributed by atoms with E-state index in [2.05, 4.69) is 30.4 Å². The highest BCUT2D eigenvalue weighted by Gasteiger charge is 2.33. The van der Waals surface area contributed by atoms with Crippen molar-refractivity contribution in [2.75, 3.05) is 31.0 Å². The summed E-state index contributed by atoms with van der Waals surface area (Å²) in [7, 11) is -3.02. The third kappa shape index (κ3) is 5.65. The second kappa shape index (κ2) is 10.5. The van der Waals surface area contributed by atoms with Gasteiger partial charge in [0.2, 0.25) is 0 Å². The van der Waals surface area contributed by atoms with Gasteiger partial charge >= 0.3 is 16.3 Å². The minimum Gasteiger partial charge on any atom is -0.452 e. The number of nitrogens with one attached hydrogen (secondary N) is 1. The first kappa shape index (κ1) is 23.1. The highest BCUT2D eigenvalue weighted by atomic mass is 32.2. The van der Waals surface area contributed by atoms with E-state index < -0.39 is 16.3 Å². The van der Waals surface area contributed by atoms with E-state index in [1.807, 2.05) is 29.0 Å². The molecule has 1 N–H and O–H groups in total. The molecule has 3 rings (SSSR count). The summed E-state index contributed by atoms with van der Waals surface area (Å²) in [6, 6.07) is 14.2. The molecule has 7 nitrogen and oxygen atoms in total. The molecule has 0 bridgehead atoms. The fourth-order valence-electron chi connectivity index (χ4n) is 2.79. The summed E-state index contributed by atoms with van der Waals surface area (Å²) < 4.78 is 32.6. The first-order valence-corrected chi connectivity index (χ1v) is 11.6. The van der Waals surface area contributed by atoms with Gasteiger partial charge in [0.05, 0.1) is 18.5 Å². The van der Waals surface area contributed by atoms with Gasteiger partial charge in [-0.3, -0.25) is 0 Å². The number of benzene rings is 2. The third-order valence-electron chi connectivity index (χ3n) is 4.37. The Labute approximate surface area is 177 Å². The number of nitrogens with zero attached hydrogens (tertiary/aromatic N) is 2. The molecule has 1 heterocycles. The molecule has 1 aliphatic heterocycles. The van der Waals surface area contributed by atoms with Gasteiger partial charge in [0.1, 0.15) is 0 Å². The van der Waals surface area contributed by atoms with Gasteiger partial charge < -0.3 is 9.64 Å². The summed E-state index contributed by atoms with van der Waals surface area (Å²) in [4.78, 5) is 15.3. The van der Waals surface area contributed by atoms with Crippen LogP contribution in [0.4, 0.5) is 16.2 Å². The maximum Gasteiger partial charge on any atom is 0.422 e. The highest BCUT2D eigenvalue weighted by Crippen LogP contribution is 2.48. The monoisotopic (exact) mass is 437 g/mol. The zero-order chi connectivity index (χ0) is 21.4. The number of rotatable bonds is 5. The number of anilines is 2. The first-order chi connectivity index (χ1) is 13.9. The van der Waals surface area contributed by atoms with Crippen LogP contribution in [0.5, 0.6) is 0 Å². The van der Waals surface area contributed by atoms with Crippen molar-refractivity contribution in [3.8, 4) is 0 Å². The molecule has 1 aliphatic rings. The van der Waals surface area contributed by atoms with Crippen LogP contribution in [0.15, 0.2) is 58.3 Å². The lowest BCUT2D eigenvalue weighted by atomic mass is 10.2. The summed E-state index contributed by atoms with van der Waals surface area (Å²) in [6.07, 6.45) is -1.03. The Morgan fingerprint density at radius 1 is 0.966 bits per heavy atom. The molecule has 0 spiro atoms. The highest BCUT2D eigenvalue weighted by molar-refractivity contribution is 8.00. The van der Waals surface area contributed by atoms with Crippen molar-refractivity contribution < 1.29 is 17.9 Å². The Kier molecular flexibility index (Phi) is 8.36. The minimum absolute atomic E-state index is 0.489. The molecule has 0 aromatic heterocycles. The molecule has 0 atom stereocenters. The fourth-order valence-corrected chi connectivity index (χ4v) is 5.19. The van der Waals surface area contributed by atoms with Crippen LogP contribution in [-0.2, 0) is 14.9 Å². The van der Waals surface area contributed by atoms with Gasteiger partial charge in [-0.1, -0.05) is 56.8 Å². The van der Waals surface area contributed by atoms with E-state index in [4.69, 9.17) is 0 Å². The predicted molar refractivity (Wildman–Crippen MR) is 117 cm³/mol. The van der Waals surface area contributed by atoms with Crippen LogP contribution in [0.1, 0.15) is 20.8 Å². The van der Waals surface area contributed by atoms with E-state index in [1.54, 1.807) is 24.3 Å². The van der Waals surface area contributed by atoms with Crippen LogP contribution >= 0.6 is 11.8 Å². The molecule has 2 aromatic rings. The average molecular weight is 438 g/mol. The SMILES string of the molecule is CCN(CC)CC.COC(=O)NS(=O)(=O)N1c2ccccc2Sc2ccccc21. The number of carbonyl (C=O) groups is 1. The lowest BCUT2D eigenvalue weighted by molar-refractivity contribution is 0.177. The second-order valence-corrected chi connectivity index (χ2v) is 8.62. The van der Waals surface area contributed by atoms with Crippen molar-refractivity contribution in [1.82, 2.24) is 9.62 Å². The lowest BCUT2D eigenvalue weighted by Crippen LogP contribution is -2.42. The van der Waals surface area contributed by atoms with E-state index >= 15 is 0 Å². The first-order valence-electron chi connectivity index (χ1n) is 9.37. The van der Waals surface area contributed by atoms with Crippen LogP contribution in [0.25, 0.3) is 0 Å². The zero-order valence-electron chi connectivity index (χ0n) is 17.1. The molecule has 0 aliphatic carbocycles. The largest absolute Gasteiger partial charge is 0.452 e. The van der Waals surface area contributed by atoms with Gasteiger partial charge in [0.15, 0.2) is 0 Å². The summed E-state index contributed by atoms with van der Waals surface area (Å²) in [5.41, 5.74) is 0.977. The van der Waals surface area contributed by atoms with Crippen molar-refractivity contribution in [3.63, 3.8) is 0 Å². The van der Waals surface area contributed by atoms with E-state index in [0.29, 0.717) is 11.4 Å². The molecule has 0 unspecified atom stereocenters. The van der Waals surface area contributed by atoms with Crippen molar-refractivity contribution in [2.45, 2.75) is 30.6 Å². The van der Waals surface area contributed by atoms with Gasteiger partial charge in [-0.25, -0.2) is 13.8 Å². The molecule has 2 aromatic carbocycles. The number of hydrogen-bond donors (Lipinski definition) is 1. The van der Waals surface area contributed by atoms with Crippen LogP contribution in [0.3, 0.4) is 0 Å². The quantitative estimate of drug-likeness (QED) is 0.754. The number of fused-ring (bicyclic) bond motifs is 2. The Balaban J connectivity index is 0.000000370. The molecular weight excluding hydrogens is 410 g/mol. The van der Waals surface area contributed by atoms with Gasteiger partial charge in [-0.2, -0.15) is 8.42 Å². The number of amides is 1. The third-order valence-corrected chi connectivity index (χ3v) is 6.80. The Morgan fingerprint density at radius 2 is 1.41 bits per heavy atom. The summed E-state index contributed by atoms with van der Waals surface area (Å²) >= 11 is 1.48. The minimum atomic E-state index is -4.13. The molecule has 0 saturated heterocycles. The number of methoxy groups -OCH3 is 1. The van der Waals surface area contributed by atoms with E-state index in [-0.39, 0.29) is 0 Å². The number of hydrogen-bond acceptors (Lipinski definition) is 6. The summed E-state index contributed by atoms with van der Waals surface area (Å²) in [5.74, 6) is 0. The van der Waals surface area contributed by atoms with Gasteiger partial charge in [0, 0.05) is 9.79 Å². The second-order valence-electron chi connectivity index (χ2n) is 6.02. The zero-order valence-corrected chi connectivity index (χ0v) is 18.7. The molecular formula is C20H27N3O4S2. The summed E-state index contributed by atoms with van der Waals surface area (Å²) in [5, 5.41) is 0. The number of carbonyl (C=O) groups excluding carboxylic acids is 1. The van der Waals surface area contributed by atoms with E-state index in [1.165, 1.54) is 31.4 Å². The number of para-hydroxylation sites is 2. The maximum atomic E-state index is 12.6. The van der Waals surface area contributed by atoms with E-state index in [0.717, 1.165) is 21.2 Å². The maximum absolute atomic E-state index is 12.6. The molecule has 29 heavy (non-hydrogen) atoms. The Bertz CT molecular complexity index is 880. The molecule has 0 saturated carbocycles. The van der Waals surface area contributed by atoms with Gasteiger partial charge in [-0.05, 0) is 43.9 Å². The van der Waals surface area contributed by atoms with Crippen molar-refractivity contribution >= 4 is 39.4 Å². The molecule has 0 radical (unpaired) electrons. The topological polar surface area (TPSA) is 79.0 Å². The van der Waals surface area contributed by atoms with Crippen LogP contribution < -0.4 is 9.03 Å².